The number of nitrogens with zero attached hydrogens (tertiary/aromatic N) is 2. The molecule has 0 amide bonds. The number of hydrogen-bond acceptors (Lipinski definition) is 2. The second-order valence-corrected chi connectivity index (χ2v) is 15.4. The second kappa shape index (κ2) is 9.10. The smallest absolute Gasteiger partial charge is 0.0700 e. The molecule has 1 N–H and O–H groups in total. The predicted octanol–water partition coefficient (Wildman–Crippen LogP) is 10.0. The van der Waals surface area contributed by atoms with E-state index in [2.05, 4.69) is 90.0 Å². The summed E-state index contributed by atoms with van der Waals surface area (Å²) in [4.78, 5) is 15.2. The van der Waals surface area contributed by atoms with Crippen molar-refractivity contribution in [2.75, 3.05) is 0 Å². The number of rotatable bonds is 0. The molecular formula is C44H37N3. The first-order valence-electron chi connectivity index (χ1n) is 18.1. The summed E-state index contributed by atoms with van der Waals surface area (Å²) < 4.78 is 0. The Morgan fingerprint density at radius 2 is 1.09 bits per heavy atom. The molecule has 0 saturated carbocycles. The summed E-state index contributed by atoms with van der Waals surface area (Å²) in [6.07, 6.45) is 43.2. The van der Waals surface area contributed by atoms with Gasteiger partial charge in [-0.3, -0.25) is 0 Å². The van der Waals surface area contributed by atoms with Gasteiger partial charge in [-0.05, 0) is 131 Å². The normalized spacial score (nSPS) is 34.2. The highest BCUT2D eigenvalue weighted by Crippen LogP contribution is 2.54. The van der Waals surface area contributed by atoms with Crippen molar-refractivity contribution in [3.8, 4) is 0 Å². The van der Waals surface area contributed by atoms with Gasteiger partial charge in [-0.25, -0.2) is 9.98 Å². The number of aromatic amines is 1. The first-order chi connectivity index (χ1) is 23.2. The third kappa shape index (κ3) is 3.42. The molecule has 0 radical (unpaired) electrons. The molecule has 0 aromatic carbocycles. The highest BCUT2D eigenvalue weighted by Gasteiger charge is 2.42. The third-order valence-corrected chi connectivity index (χ3v) is 13.1. The SMILES string of the molecule is C1=CCC2=C(C=C1)C1=Cc3[nH]c(c4c3C3C=CC4CC3)C=C3N=C(C=C4N=C(C=C2C1)C1=C4C2C=CC1CC2)C1=C3C2C=CC1CC2. The van der Waals surface area contributed by atoms with Gasteiger partial charge >= 0.3 is 0 Å². The van der Waals surface area contributed by atoms with E-state index in [9.17, 15) is 0 Å². The monoisotopic (exact) mass is 607 g/mol. The Labute approximate surface area is 276 Å². The highest BCUT2D eigenvalue weighted by molar-refractivity contribution is 6.18. The summed E-state index contributed by atoms with van der Waals surface area (Å²) in [6, 6.07) is 0. The average molecular weight is 608 g/mol. The minimum atomic E-state index is 0.455. The lowest BCUT2D eigenvalue weighted by Gasteiger charge is -2.34. The van der Waals surface area contributed by atoms with E-state index in [1.165, 1.54) is 123 Å². The van der Waals surface area contributed by atoms with E-state index in [1.54, 1.807) is 0 Å². The predicted molar refractivity (Wildman–Crippen MR) is 191 cm³/mol. The fourth-order valence-corrected chi connectivity index (χ4v) is 11.1. The topological polar surface area (TPSA) is 40.5 Å². The Bertz CT molecular complexity index is 2210. The molecule has 228 valence electrons. The third-order valence-electron chi connectivity index (χ3n) is 13.1. The van der Waals surface area contributed by atoms with E-state index < -0.39 is 0 Å². The fourth-order valence-electron chi connectivity index (χ4n) is 11.1. The lowest BCUT2D eigenvalue weighted by molar-refractivity contribution is 0.501. The minimum Gasteiger partial charge on any atom is -0.355 e. The number of aliphatic imine (C=N–C) groups is 2. The lowest BCUT2D eigenvalue weighted by Crippen LogP contribution is -2.24. The van der Waals surface area contributed by atoms with Crippen LogP contribution < -0.4 is 0 Å². The number of aromatic nitrogens is 1. The highest BCUT2D eigenvalue weighted by atomic mass is 14.9. The molecule has 6 atom stereocenters. The van der Waals surface area contributed by atoms with E-state index in [0.29, 0.717) is 35.5 Å². The van der Waals surface area contributed by atoms with Crippen molar-refractivity contribution in [1.29, 1.82) is 0 Å². The van der Waals surface area contributed by atoms with Gasteiger partial charge < -0.3 is 4.98 Å². The van der Waals surface area contributed by atoms with Gasteiger partial charge in [0.25, 0.3) is 0 Å². The molecule has 14 aliphatic rings. The summed E-state index contributed by atoms with van der Waals surface area (Å²) in [5.74, 6) is 2.81. The molecule has 3 heteroatoms. The standard InChI is InChI=1S/C44H37N3/c1-2-4-31-29-18-30(32(31)5-3-1)20-34-40-24-8-12-26(13-9-24)42(40)36(46-34)22-38-44-28-16-14-27(15-17-28)43(44)37(47-38)21-35-41-25-10-6-23(7-11-25)39(41)33(19-29)45-35/h1-4,6,8,10,12,14,16,19-28,45H,5,7,9,11,13,15,17-18H2. The van der Waals surface area contributed by atoms with Crippen LogP contribution in [0.3, 0.4) is 0 Å². The minimum absolute atomic E-state index is 0.455. The Balaban J connectivity index is 1.15. The Kier molecular flexibility index (Phi) is 4.95. The van der Waals surface area contributed by atoms with Crippen LogP contribution in [0.2, 0.25) is 0 Å². The quantitative estimate of drug-likeness (QED) is 0.285. The summed E-state index contributed by atoms with van der Waals surface area (Å²) in [5.41, 5.74) is 22.0. The molecule has 3 nitrogen and oxygen atoms in total. The largest absolute Gasteiger partial charge is 0.355 e. The number of nitrogens with one attached hydrogen (secondary N) is 1. The molecule has 14 bridgehead atoms. The van der Waals surface area contributed by atoms with Crippen LogP contribution in [0, 0.1) is 23.7 Å². The van der Waals surface area contributed by atoms with Crippen molar-refractivity contribution in [1.82, 2.24) is 4.98 Å². The molecule has 0 saturated heterocycles. The molecule has 1 aromatic rings. The summed E-state index contributed by atoms with van der Waals surface area (Å²) >= 11 is 0. The van der Waals surface area contributed by atoms with Crippen molar-refractivity contribution in [2.24, 2.45) is 33.7 Å². The van der Waals surface area contributed by atoms with Gasteiger partial charge in [-0.1, -0.05) is 60.8 Å². The fraction of sp³-hybridized carbons (Fsp3) is 0.318. The van der Waals surface area contributed by atoms with Crippen molar-refractivity contribution < 1.29 is 0 Å². The van der Waals surface area contributed by atoms with Crippen LogP contribution in [0.4, 0.5) is 0 Å². The van der Waals surface area contributed by atoms with Crippen molar-refractivity contribution >= 4 is 23.6 Å². The maximum absolute atomic E-state index is 5.56. The Hall–Kier alpha value is -4.50. The van der Waals surface area contributed by atoms with Crippen LogP contribution in [0.15, 0.2) is 139 Å². The van der Waals surface area contributed by atoms with Crippen molar-refractivity contribution in [2.45, 2.75) is 63.2 Å². The van der Waals surface area contributed by atoms with Gasteiger partial charge in [0.05, 0.1) is 22.8 Å². The average Bonchev–Trinajstić information content (AvgIpc) is 3.82. The van der Waals surface area contributed by atoms with Gasteiger partial charge in [0, 0.05) is 46.9 Å². The first kappa shape index (κ1) is 25.6. The van der Waals surface area contributed by atoms with E-state index in [4.69, 9.17) is 9.98 Å². The summed E-state index contributed by atoms with van der Waals surface area (Å²) in [6.45, 7) is 0. The summed E-state index contributed by atoms with van der Waals surface area (Å²) in [7, 11) is 0. The first-order valence-corrected chi connectivity index (χ1v) is 18.1. The molecule has 3 aliphatic heterocycles. The summed E-state index contributed by atoms with van der Waals surface area (Å²) in [5, 5.41) is 0. The van der Waals surface area contributed by atoms with Crippen LogP contribution in [0.5, 0.6) is 0 Å². The van der Waals surface area contributed by atoms with E-state index in [1.807, 2.05) is 0 Å². The Morgan fingerprint density at radius 1 is 0.532 bits per heavy atom. The van der Waals surface area contributed by atoms with Gasteiger partial charge in [0.1, 0.15) is 0 Å². The lowest BCUT2D eigenvalue weighted by atomic mass is 9.69. The number of fused-ring (bicyclic) bond motifs is 11. The molecule has 0 fully saturated rings. The molecule has 4 heterocycles. The van der Waals surface area contributed by atoms with Crippen LogP contribution in [-0.4, -0.2) is 16.4 Å². The van der Waals surface area contributed by atoms with Gasteiger partial charge in [0.2, 0.25) is 0 Å². The zero-order valence-electron chi connectivity index (χ0n) is 26.6. The van der Waals surface area contributed by atoms with E-state index in [0.717, 1.165) is 18.6 Å². The van der Waals surface area contributed by atoms with Gasteiger partial charge in [0.15, 0.2) is 0 Å². The number of hydrogen-bond donors (Lipinski definition) is 1. The maximum Gasteiger partial charge on any atom is 0.0700 e. The zero-order chi connectivity index (χ0) is 30.4. The number of H-pyrrole nitrogens is 1. The Morgan fingerprint density at radius 3 is 1.72 bits per heavy atom. The van der Waals surface area contributed by atoms with E-state index in [-0.39, 0.29) is 0 Å². The van der Waals surface area contributed by atoms with Gasteiger partial charge in [-0.2, -0.15) is 0 Å². The second-order valence-electron chi connectivity index (χ2n) is 15.4. The van der Waals surface area contributed by atoms with Crippen molar-refractivity contribution in [3.63, 3.8) is 0 Å². The van der Waals surface area contributed by atoms with Gasteiger partial charge in [-0.15, -0.1) is 0 Å². The molecule has 47 heavy (non-hydrogen) atoms. The molecule has 15 rings (SSSR count). The molecule has 11 aliphatic carbocycles. The van der Waals surface area contributed by atoms with Crippen LogP contribution in [0.1, 0.15) is 85.7 Å². The molecule has 6 unspecified atom stereocenters. The zero-order valence-corrected chi connectivity index (χ0v) is 26.6. The molecule has 1 aromatic heterocycles. The maximum atomic E-state index is 5.56. The van der Waals surface area contributed by atoms with E-state index >= 15 is 0 Å². The molecule has 0 spiro atoms. The van der Waals surface area contributed by atoms with Crippen LogP contribution in [0.25, 0.3) is 12.2 Å². The van der Waals surface area contributed by atoms with Crippen molar-refractivity contribution in [3.05, 3.63) is 151 Å². The van der Waals surface area contributed by atoms with Crippen LogP contribution in [-0.2, 0) is 0 Å². The molecular weight excluding hydrogens is 571 g/mol. The van der Waals surface area contributed by atoms with Crippen LogP contribution >= 0.6 is 0 Å². The number of allylic oxidation sites excluding steroid dienone is 20.